The first kappa shape index (κ1) is 15.3. The van der Waals surface area contributed by atoms with Gasteiger partial charge in [0.25, 0.3) is 0 Å². The summed E-state index contributed by atoms with van der Waals surface area (Å²) < 4.78 is 0.854. The lowest BCUT2D eigenvalue weighted by atomic mass is 9.79. The minimum atomic E-state index is -0.928. The molecule has 1 aliphatic rings. The van der Waals surface area contributed by atoms with Crippen molar-refractivity contribution in [1.29, 1.82) is 0 Å². The third-order valence-corrected chi connectivity index (χ3v) is 4.56. The van der Waals surface area contributed by atoms with Crippen LogP contribution < -0.4 is 5.32 Å². The van der Waals surface area contributed by atoms with Gasteiger partial charge in [0.2, 0.25) is 0 Å². The molecule has 0 heterocycles. The van der Waals surface area contributed by atoms with E-state index in [1.54, 1.807) is 18.2 Å². The van der Waals surface area contributed by atoms with Gasteiger partial charge in [0.05, 0.1) is 5.56 Å². The van der Waals surface area contributed by atoms with Crippen molar-refractivity contribution < 1.29 is 15.0 Å². The Morgan fingerprint density at radius 3 is 2.65 bits per heavy atom. The number of benzene rings is 1. The zero-order chi connectivity index (χ0) is 14.5. The third-order valence-electron chi connectivity index (χ3n) is 4.07. The van der Waals surface area contributed by atoms with Crippen LogP contribution in [0.25, 0.3) is 0 Å². The van der Waals surface area contributed by atoms with Crippen LogP contribution in [-0.4, -0.2) is 29.3 Å². The third kappa shape index (κ3) is 3.73. The molecule has 2 rings (SSSR count). The van der Waals surface area contributed by atoms with Crippen LogP contribution >= 0.6 is 15.9 Å². The van der Waals surface area contributed by atoms with Crippen molar-refractivity contribution in [2.75, 3.05) is 18.5 Å². The Morgan fingerprint density at radius 1 is 1.30 bits per heavy atom. The number of aromatic carboxylic acids is 1. The molecule has 0 aromatic heterocycles. The maximum Gasteiger partial charge on any atom is 0.337 e. The number of hydrogen-bond acceptors (Lipinski definition) is 3. The highest BCUT2D eigenvalue weighted by molar-refractivity contribution is 9.10. The van der Waals surface area contributed by atoms with Crippen molar-refractivity contribution in [3.63, 3.8) is 0 Å². The van der Waals surface area contributed by atoms with Gasteiger partial charge < -0.3 is 15.5 Å². The van der Waals surface area contributed by atoms with E-state index in [0.717, 1.165) is 17.3 Å². The Balaban J connectivity index is 2.06. The van der Waals surface area contributed by atoms with Gasteiger partial charge in [0.1, 0.15) is 0 Å². The summed E-state index contributed by atoms with van der Waals surface area (Å²) in [4.78, 5) is 11.2. The Morgan fingerprint density at radius 2 is 2.00 bits per heavy atom. The summed E-state index contributed by atoms with van der Waals surface area (Å²) in [5, 5.41) is 21.9. The first-order valence-electron chi connectivity index (χ1n) is 6.99. The monoisotopic (exact) mass is 341 g/mol. The molecule has 0 spiro atoms. The highest BCUT2D eigenvalue weighted by Gasteiger charge is 2.24. The summed E-state index contributed by atoms with van der Waals surface area (Å²) >= 11 is 3.36. The topological polar surface area (TPSA) is 69.6 Å². The summed E-state index contributed by atoms with van der Waals surface area (Å²) in [7, 11) is 0. The van der Waals surface area contributed by atoms with Gasteiger partial charge in [0.15, 0.2) is 0 Å². The lowest BCUT2D eigenvalue weighted by Gasteiger charge is -2.30. The lowest BCUT2D eigenvalue weighted by molar-refractivity contribution is 0.0697. The smallest absolute Gasteiger partial charge is 0.337 e. The molecule has 4 nitrogen and oxygen atoms in total. The summed E-state index contributed by atoms with van der Waals surface area (Å²) in [5.74, 6) is -0.187. The number of nitrogens with one attached hydrogen (secondary N) is 1. The Kier molecular flexibility index (Phi) is 5.43. The van der Waals surface area contributed by atoms with Crippen molar-refractivity contribution in [1.82, 2.24) is 0 Å². The fraction of sp³-hybridized carbons (Fsp3) is 0.533. The van der Waals surface area contributed by atoms with Gasteiger partial charge in [-0.2, -0.15) is 0 Å². The largest absolute Gasteiger partial charge is 0.478 e. The molecule has 0 amide bonds. The number of anilines is 1. The van der Waals surface area contributed by atoms with Crippen molar-refractivity contribution in [2.24, 2.45) is 11.8 Å². The number of carboxylic acid groups (broad SMARTS) is 1. The van der Waals surface area contributed by atoms with E-state index in [-0.39, 0.29) is 12.2 Å². The van der Waals surface area contributed by atoms with E-state index < -0.39 is 5.97 Å². The first-order chi connectivity index (χ1) is 9.61. The zero-order valence-electron chi connectivity index (χ0n) is 11.3. The van der Waals surface area contributed by atoms with Crippen LogP contribution in [0.15, 0.2) is 22.7 Å². The van der Waals surface area contributed by atoms with E-state index >= 15 is 0 Å². The molecule has 1 aromatic carbocycles. The van der Waals surface area contributed by atoms with Gasteiger partial charge in [0, 0.05) is 23.3 Å². The number of aliphatic hydroxyl groups is 1. The summed E-state index contributed by atoms with van der Waals surface area (Å²) in [6, 6.07) is 5.12. The van der Waals surface area contributed by atoms with Gasteiger partial charge in [-0.3, -0.25) is 0 Å². The SMILES string of the molecule is O=C(O)c1ccc(Br)cc1NCC1CCCCC1CO. The molecule has 2 atom stereocenters. The molecule has 5 heteroatoms. The molecular weight excluding hydrogens is 322 g/mol. The van der Waals surface area contributed by atoms with E-state index in [1.165, 1.54) is 12.8 Å². The molecule has 2 unspecified atom stereocenters. The molecule has 1 fully saturated rings. The Bertz CT molecular complexity index is 478. The van der Waals surface area contributed by atoms with E-state index in [2.05, 4.69) is 21.2 Å². The van der Waals surface area contributed by atoms with Crippen LogP contribution in [0.4, 0.5) is 5.69 Å². The Labute approximate surface area is 127 Å². The maximum atomic E-state index is 11.2. The molecule has 0 saturated heterocycles. The van der Waals surface area contributed by atoms with Crippen LogP contribution in [0.3, 0.4) is 0 Å². The molecule has 1 aromatic rings. The van der Waals surface area contributed by atoms with Gasteiger partial charge in [-0.1, -0.05) is 28.8 Å². The van der Waals surface area contributed by atoms with Crippen molar-refractivity contribution >= 4 is 27.6 Å². The zero-order valence-corrected chi connectivity index (χ0v) is 12.9. The summed E-state index contributed by atoms with van der Waals surface area (Å²) in [5.41, 5.74) is 0.915. The fourth-order valence-corrected chi connectivity index (χ4v) is 3.24. The van der Waals surface area contributed by atoms with Crippen LogP contribution in [-0.2, 0) is 0 Å². The predicted octanol–water partition coefficient (Wildman–Crippen LogP) is 3.36. The molecule has 20 heavy (non-hydrogen) atoms. The van der Waals surface area contributed by atoms with Gasteiger partial charge in [-0.05, 0) is 42.9 Å². The quantitative estimate of drug-likeness (QED) is 0.767. The first-order valence-corrected chi connectivity index (χ1v) is 7.78. The molecule has 110 valence electrons. The van der Waals surface area contributed by atoms with E-state index in [0.29, 0.717) is 24.1 Å². The molecule has 1 aliphatic carbocycles. The molecule has 3 N–H and O–H groups in total. The minimum Gasteiger partial charge on any atom is -0.478 e. The summed E-state index contributed by atoms with van der Waals surface area (Å²) in [6.45, 7) is 0.929. The van der Waals surface area contributed by atoms with E-state index in [9.17, 15) is 15.0 Å². The minimum absolute atomic E-state index is 0.219. The van der Waals surface area contributed by atoms with Crippen molar-refractivity contribution in [3.8, 4) is 0 Å². The number of rotatable bonds is 5. The molecule has 1 saturated carbocycles. The number of halogens is 1. The van der Waals surface area contributed by atoms with Crippen LogP contribution in [0.1, 0.15) is 36.0 Å². The normalized spacial score (nSPS) is 22.5. The number of carbonyl (C=O) groups is 1. The second-order valence-electron chi connectivity index (χ2n) is 5.36. The van der Waals surface area contributed by atoms with Crippen molar-refractivity contribution in [2.45, 2.75) is 25.7 Å². The van der Waals surface area contributed by atoms with E-state index in [4.69, 9.17) is 0 Å². The second-order valence-corrected chi connectivity index (χ2v) is 6.28. The highest BCUT2D eigenvalue weighted by atomic mass is 79.9. The molecule has 0 aliphatic heterocycles. The van der Waals surface area contributed by atoms with Crippen molar-refractivity contribution in [3.05, 3.63) is 28.2 Å². The fourth-order valence-electron chi connectivity index (χ4n) is 2.88. The standard InChI is InChI=1S/C15H20BrNO3/c16-12-5-6-13(15(19)20)14(7-12)17-8-10-3-1-2-4-11(10)9-18/h5-7,10-11,17-18H,1-4,8-9H2,(H,19,20). The molecule has 0 radical (unpaired) electrons. The van der Waals surface area contributed by atoms with Gasteiger partial charge >= 0.3 is 5.97 Å². The number of aliphatic hydroxyl groups excluding tert-OH is 1. The molecule has 0 bridgehead atoms. The van der Waals surface area contributed by atoms with Gasteiger partial charge in [-0.25, -0.2) is 4.79 Å². The van der Waals surface area contributed by atoms with Gasteiger partial charge in [-0.15, -0.1) is 0 Å². The molecular formula is C15H20BrNO3. The second kappa shape index (κ2) is 7.09. The Hall–Kier alpha value is -1.07. The van der Waals surface area contributed by atoms with E-state index in [1.807, 2.05) is 0 Å². The number of hydrogen-bond donors (Lipinski definition) is 3. The van der Waals surface area contributed by atoms with Crippen LogP contribution in [0.5, 0.6) is 0 Å². The number of carboxylic acids is 1. The average molecular weight is 342 g/mol. The summed E-state index contributed by atoms with van der Waals surface area (Å²) in [6.07, 6.45) is 4.52. The predicted molar refractivity (Wildman–Crippen MR) is 82.1 cm³/mol. The average Bonchev–Trinajstić information content (AvgIpc) is 2.45. The van der Waals surface area contributed by atoms with Crippen LogP contribution in [0.2, 0.25) is 0 Å². The lowest BCUT2D eigenvalue weighted by Crippen LogP contribution is -2.29. The van der Waals surface area contributed by atoms with Crippen LogP contribution in [0, 0.1) is 11.8 Å². The maximum absolute atomic E-state index is 11.2. The highest BCUT2D eigenvalue weighted by Crippen LogP contribution is 2.30.